The zero-order valence-corrected chi connectivity index (χ0v) is 23.6. The molecule has 0 bridgehead atoms. The number of aromatic nitrogens is 2. The van der Waals surface area contributed by atoms with Crippen molar-refractivity contribution >= 4 is 9.24 Å². The van der Waals surface area contributed by atoms with Gasteiger partial charge in [0.2, 0.25) is 0 Å². The van der Waals surface area contributed by atoms with Crippen LogP contribution in [0.4, 0.5) is 8.78 Å². The topological polar surface area (TPSA) is 44.4 Å². The smallest absolute Gasteiger partial charge is 0.283 e. The van der Waals surface area contributed by atoms with E-state index in [0.717, 1.165) is 73.3 Å². The number of benzene rings is 3. The van der Waals surface area contributed by atoms with Gasteiger partial charge < -0.3 is 9.72 Å². The second-order valence-corrected chi connectivity index (χ2v) is 11.1. The van der Waals surface area contributed by atoms with Crippen molar-refractivity contribution in [2.24, 2.45) is 0 Å². The number of alkyl halides is 2. The number of ether oxygens (including phenoxy) is 1. The zero-order chi connectivity index (χ0) is 27.4. The fourth-order valence-electron chi connectivity index (χ4n) is 5.07. The van der Waals surface area contributed by atoms with Crippen molar-refractivity contribution in [3.05, 3.63) is 101 Å². The minimum atomic E-state index is -2.93. The lowest BCUT2D eigenvalue weighted by Gasteiger charge is -2.36. The van der Waals surface area contributed by atoms with E-state index in [2.05, 4.69) is 34.0 Å². The molecule has 204 valence electrons. The van der Waals surface area contributed by atoms with Crippen LogP contribution in [-0.4, -0.2) is 45.9 Å². The first kappa shape index (κ1) is 27.4. The first-order valence-corrected chi connectivity index (χ1v) is 13.9. The minimum Gasteiger partial charge on any atom is -0.457 e. The fraction of sp³-hybridized carbons (Fsp3) is 0.323. The predicted octanol–water partition coefficient (Wildman–Crippen LogP) is 7.20. The van der Waals surface area contributed by atoms with Crippen LogP contribution in [-0.2, 0) is 18.8 Å². The molecule has 1 saturated heterocycles. The van der Waals surface area contributed by atoms with Crippen molar-refractivity contribution in [1.29, 1.82) is 0 Å². The molecular formula is C31H35F2N4OP. The van der Waals surface area contributed by atoms with Crippen LogP contribution in [0.25, 0.3) is 11.4 Å². The highest BCUT2D eigenvalue weighted by molar-refractivity contribution is 7.17. The normalized spacial score (nSPS) is 15.1. The SMILES string of the molecule is Cc1[nH]c(-c2ccc(C(F)(F)P)cc2)nc1CN1CCC(N(C)Cc2ccc(Oc3ccccc3)cc2)CC1. The minimum absolute atomic E-state index is 0.0262. The molecule has 1 aliphatic heterocycles. The number of rotatable bonds is 9. The molecule has 0 amide bonds. The van der Waals surface area contributed by atoms with Gasteiger partial charge >= 0.3 is 0 Å². The summed E-state index contributed by atoms with van der Waals surface area (Å²) in [5.74, 6) is 2.40. The maximum atomic E-state index is 13.5. The van der Waals surface area contributed by atoms with Crippen LogP contribution in [0.5, 0.6) is 11.5 Å². The van der Waals surface area contributed by atoms with Gasteiger partial charge in [-0.05, 0) is 56.6 Å². The Labute approximate surface area is 231 Å². The molecule has 1 aliphatic rings. The molecule has 5 nitrogen and oxygen atoms in total. The highest BCUT2D eigenvalue weighted by atomic mass is 31.0. The van der Waals surface area contributed by atoms with Crippen molar-refractivity contribution in [2.45, 2.75) is 44.6 Å². The predicted molar refractivity (Wildman–Crippen MR) is 155 cm³/mol. The Morgan fingerprint density at radius 2 is 1.62 bits per heavy atom. The fourth-order valence-corrected chi connectivity index (χ4v) is 5.26. The van der Waals surface area contributed by atoms with Gasteiger partial charge in [0.1, 0.15) is 17.3 Å². The van der Waals surface area contributed by atoms with Crippen LogP contribution >= 0.6 is 9.24 Å². The third kappa shape index (κ3) is 7.10. The molecule has 1 atom stereocenters. The molecule has 1 unspecified atom stereocenters. The standard InChI is InChI=1S/C31H35F2N4OP/c1-22-29(35-30(34-22)24-10-12-25(13-11-24)31(32,33)39)21-37-18-16-26(17-19-37)36(2)20-23-8-14-28(15-9-23)38-27-6-4-3-5-7-27/h3-15,26H,16-21,39H2,1-2H3,(H,34,35). The van der Waals surface area contributed by atoms with Gasteiger partial charge in [-0.15, -0.1) is 0 Å². The van der Waals surface area contributed by atoms with E-state index in [0.29, 0.717) is 6.04 Å². The lowest BCUT2D eigenvalue weighted by Crippen LogP contribution is -2.42. The van der Waals surface area contributed by atoms with Crippen molar-refractivity contribution in [3.8, 4) is 22.9 Å². The van der Waals surface area contributed by atoms with E-state index >= 15 is 0 Å². The molecule has 0 spiro atoms. The van der Waals surface area contributed by atoms with Gasteiger partial charge in [-0.3, -0.25) is 9.80 Å². The molecule has 3 aromatic carbocycles. The lowest BCUT2D eigenvalue weighted by molar-refractivity contribution is 0.104. The number of hydrogen-bond donors (Lipinski definition) is 1. The third-order valence-corrected chi connectivity index (χ3v) is 7.75. The maximum absolute atomic E-state index is 13.5. The van der Waals surface area contributed by atoms with E-state index in [9.17, 15) is 8.78 Å². The molecule has 1 aromatic heterocycles. The van der Waals surface area contributed by atoms with Crippen LogP contribution in [0.1, 0.15) is 35.4 Å². The number of para-hydroxylation sites is 1. The molecule has 39 heavy (non-hydrogen) atoms. The summed E-state index contributed by atoms with van der Waals surface area (Å²) in [7, 11) is 3.79. The van der Waals surface area contributed by atoms with Crippen LogP contribution < -0.4 is 4.74 Å². The van der Waals surface area contributed by atoms with Crippen molar-refractivity contribution < 1.29 is 13.5 Å². The molecule has 0 saturated carbocycles. The summed E-state index contributed by atoms with van der Waals surface area (Å²) < 4.78 is 32.9. The maximum Gasteiger partial charge on any atom is 0.283 e. The summed E-state index contributed by atoms with van der Waals surface area (Å²) >= 11 is 0. The van der Waals surface area contributed by atoms with Crippen molar-refractivity contribution in [2.75, 3.05) is 20.1 Å². The summed E-state index contributed by atoms with van der Waals surface area (Å²) in [6, 6.07) is 25.0. The largest absolute Gasteiger partial charge is 0.457 e. The average Bonchev–Trinajstić information content (AvgIpc) is 3.30. The number of imidazole rings is 1. The summed E-state index contributed by atoms with van der Waals surface area (Å²) in [5.41, 5.74) is 1.16. The van der Waals surface area contributed by atoms with Gasteiger partial charge in [-0.1, -0.05) is 63.8 Å². The number of likely N-dealkylation sites (tertiary alicyclic amines) is 1. The Balaban J connectivity index is 1.11. The molecule has 0 aliphatic carbocycles. The van der Waals surface area contributed by atoms with Gasteiger partial charge in [0.15, 0.2) is 0 Å². The van der Waals surface area contributed by atoms with E-state index in [-0.39, 0.29) is 5.56 Å². The molecule has 5 rings (SSSR count). The quantitative estimate of drug-likeness (QED) is 0.225. The van der Waals surface area contributed by atoms with E-state index in [4.69, 9.17) is 9.72 Å². The molecule has 4 aromatic rings. The van der Waals surface area contributed by atoms with Crippen LogP contribution in [0, 0.1) is 6.92 Å². The van der Waals surface area contributed by atoms with Gasteiger partial charge in [0.25, 0.3) is 5.66 Å². The third-order valence-electron chi connectivity index (χ3n) is 7.42. The van der Waals surface area contributed by atoms with Gasteiger partial charge in [-0.25, -0.2) is 4.98 Å². The number of piperidine rings is 1. The molecule has 2 heterocycles. The number of hydrogen-bond acceptors (Lipinski definition) is 4. The highest BCUT2D eigenvalue weighted by Crippen LogP contribution is 2.35. The first-order valence-electron chi connectivity index (χ1n) is 13.3. The summed E-state index contributed by atoms with van der Waals surface area (Å²) in [4.78, 5) is 13.0. The number of nitrogens with one attached hydrogen (secondary N) is 1. The summed E-state index contributed by atoms with van der Waals surface area (Å²) in [5, 5.41) is 0. The van der Waals surface area contributed by atoms with Gasteiger partial charge in [0, 0.05) is 49.0 Å². The number of aryl methyl sites for hydroxylation is 1. The Morgan fingerprint density at radius 1 is 0.974 bits per heavy atom. The van der Waals surface area contributed by atoms with Crippen molar-refractivity contribution in [3.63, 3.8) is 0 Å². The van der Waals surface area contributed by atoms with E-state index in [1.54, 1.807) is 21.4 Å². The Bertz CT molecular complexity index is 1350. The molecule has 1 N–H and O–H groups in total. The Hall–Kier alpha value is -3.12. The first-order chi connectivity index (χ1) is 18.7. The molecular weight excluding hydrogens is 513 g/mol. The van der Waals surface area contributed by atoms with Gasteiger partial charge in [-0.2, -0.15) is 8.78 Å². The second kappa shape index (κ2) is 12.0. The van der Waals surface area contributed by atoms with E-state index in [1.807, 2.05) is 49.4 Å². The molecule has 0 radical (unpaired) electrons. The van der Waals surface area contributed by atoms with Gasteiger partial charge in [0.05, 0.1) is 5.69 Å². The van der Waals surface area contributed by atoms with Crippen molar-refractivity contribution in [1.82, 2.24) is 19.8 Å². The Morgan fingerprint density at radius 3 is 2.26 bits per heavy atom. The monoisotopic (exact) mass is 548 g/mol. The molecule has 1 fully saturated rings. The summed E-state index contributed by atoms with van der Waals surface area (Å²) in [6.45, 7) is 5.73. The summed E-state index contributed by atoms with van der Waals surface area (Å²) in [6.07, 6.45) is 2.21. The van der Waals surface area contributed by atoms with E-state index in [1.165, 1.54) is 17.7 Å². The lowest BCUT2D eigenvalue weighted by atomic mass is 10.0. The zero-order valence-electron chi connectivity index (χ0n) is 22.4. The highest BCUT2D eigenvalue weighted by Gasteiger charge is 2.25. The average molecular weight is 549 g/mol. The van der Waals surface area contributed by atoms with Crippen LogP contribution in [0.3, 0.4) is 0 Å². The second-order valence-electron chi connectivity index (χ2n) is 10.3. The van der Waals surface area contributed by atoms with Crippen LogP contribution in [0.15, 0.2) is 78.9 Å². The molecule has 8 heteroatoms. The number of halogens is 2. The number of aromatic amines is 1. The van der Waals surface area contributed by atoms with Crippen LogP contribution in [0.2, 0.25) is 0 Å². The number of nitrogens with zero attached hydrogens (tertiary/aromatic N) is 3. The van der Waals surface area contributed by atoms with E-state index < -0.39 is 5.66 Å². The Kier molecular flexibility index (Phi) is 8.41. The number of H-pyrrole nitrogens is 1.